The largest absolute Gasteiger partial charge is 0.242 e. The van der Waals surface area contributed by atoms with Gasteiger partial charge in [0.05, 0.1) is 4.90 Å². The number of hydrogen-bond donors (Lipinski definition) is 0. The first-order chi connectivity index (χ1) is 9.54. The molecule has 0 saturated heterocycles. The summed E-state index contributed by atoms with van der Waals surface area (Å²) in [4.78, 5) is 0.342. The molecule has 0 unspecified atom stereocenters. The van der Waals surface area contributed by atoms with Crippen LogP contribution in [0.4, 0.5) is 0 Å². The van der Waals surface area contributed by atoms with Crippen molar-refractivity contribution in [3.8, 4) is 0 Å². The second kappa shape index (κ2) is 6.92. The van der Waals surface area contributed by atoms with Gasteiger partial charge in [0.15, 0.2) is 0 Å². The van der Waals surface area contributed by atoms with E-state index in [-0.39, 0.29) is 0 Å². The number of nitrogens with zero attached hydrogens (tertiary/aromatic N) is 1. The highest BCUT2D eigenvalue weighted by Gasteiger charge is 2.24. The average Bonchev–Trinajstić information content (AvgIpc) is 2.48. The topological polar surface area (TPSA) is 37.4 Å². The zero-order valence-corrected chi connectivity index (χ0v) is 13.5. The summed E-state index contributed by atoms with van der Waals surface area (Å²) in [5.41, 5.74) is 0.832. The van der Waals surface area contributed by atoms with Gasteiger partial charge in [-0.1, -0.05) is 31.4 Å². The van der Waals surface area contributed by atoms with Gasteiger partial charge >= 0.3 is 0 Å². The molecule has 0 aliphatic heterocycles. The molecule has 5 heteroatoms. The lowest BCUT2D eigenvalue weighted by molar-refractivity contribution is 0.300. The van der Waals surface area contributed by atoms with Gasteiger partial charge in [-0.3, -0.25) is 0 Å². The molecule has 0 N–H and O–H groups in total. The quantitative estimate of drug-likeness (QED) is 0.778. The maximum absolute atomic E-state index is 12.6. The molecule has 1 aromatic carbocycles. The second-order valence-electron chi connectivity index (χ2n) is 5.57. The summed E-state index contributed by atoms with van der Waals surface area (Å²) in [7, 11) is -1.72. The van der Waals surface area contributed by atoms with Gasteiger partial charge in [-0.05, 0) is 36.5 Å². The highest BCUT2D eigenvalue weighted by atomic mass is 35.5. The van der Waals surface area contributed by atoms with E-state index in [1.54, 1.807) is 25.2 Å². The molecule has 0 atom stereocenters. The van der Waals surface area contributed by atoms with E-state index in [9.17, 15) is 8.42 Å². The van der Waals surface area contributed by atoms with E-state index >= 15 is 0 Å². The zero-order chi connectivity index (χ0) is 14.6. The van der Waals surface area contributed by atoms with Crippen molar-refractivity contribution in [2.45, 2.75) is 42.9 Å². The summed E-state index contributed by atoms with van der Waals surface area (Å²) < 4.78 is 26.6. The first kappa shape index (κ1) is 15.8. The summed E-state index contributed by atoms with van der Waals surface area (Å²) in [5.74, 6) is 0.829. The van der Waals surface area contributed by atoms with Crippen LogP contribution < -0.4 is 0 Å². The van der Waals surface area contributed by atoms with Crippen LogP contribution in [0, 0.1) is 5.92 Å². The summed E-state index contributed by atoms with van der Waals surface area (Å²) in [5, 5.41) is 0. The summed E-state index contributed by atoms with van der Waals surface area (Å²) >= 11 is 5.78. The van der Waals surface area contributed by atoms with Crippen LogP contribution in [0.15, 0.2) is 29.2 Å². The van der Waals surface area contributed by atoms with E-state index in [0.29, 0.717) is 23.2 Å². The number of alkyl halides is 1. The SMILES string of the molecule is CN(CC1CCCCC1)S(=O)(=O)c1cccc(CCl)c1. The number of sulfonamides is 1. The molecule has 1 aliphatic rings. The number of benzene rings is 1. The minimum atomic E-state index is -3.40. The molecule has 0 amide bonds. The van der Waals surface area contributed by atoms with Crippen LogP contribution in [0.1, 0.15) is 37.7 Å². The van der Waals surface area contributed by atoms with Gasteiger partial charge in [-0.2, -0.15) is 0 Å². The van der Waals surface area contributed by atoms with E-state index in [1.165, 1.54) is 23.6 Å². The molecule has 0 radical (unpaired) electrons. The van der Waals surface area contributed by atoms with E-state index in [2.05, 4.69) is 0 Å². The minimum absolute atomic E-state index is 0.329. The lowest BCUT2D eigenvalue weighted by Crippen LogP contribution is -2.32. The maximum atomic E-state index is 12.6. The van der Waals surface area contributed by atoms with Crippen LogP contribution >= 0.6 is 11.6 Å². The molecule has 1 fully saturated rings. The predicted molar refractivity (Wildman–Crippen MR) is 82.4 cm³/mol. The lowest BCUT2D eigenvalue weighted by atomic mass is 9.89. The fraction of sp³-hybridized carbons (Fsp3) is 0.600. The Kier molecular flexibility index (Phi) is 5.47. The molecule has 0 bridgehead atoms. The van der Waals surface area contributed by atoms with Crippen molar-refractivity contribution in [2.24, 2.45) is 5.92 Å². The molecule has 0 heterocycles. The van der Waals surface area contributed by atoms with Crippen LogP contribution in [0.5, 0.6) is 0 Å². The van der Waals surface area contributed by atoms with E-state index in [4.69, 9.17) is 11.6 Å². The molecule has 1 aliphatic carbocycles. The van der Waals surface area contributed by atoms with Crippen molar-refractivity contribution in [3.63, 3.8) is 0 Å². The van der Waals surface area contributed by atoms with Gasteiger partial charge in [0, 0.05) is 19.5 Å². The Labute approximate surface area is 127 Å². The fourth-order valence-electron chi connectivity index (χ4n) is 2.80. The van der Waals surface area contributed by atoms with Gasteiger partial charge < -0.3 is 0 Å². The third kappa shape index (κ3) is 3.74. The minimum Gasteiger partial charge on any atom is -0.207 e. The first-order valence-electron chi connectivity index (χ1n) is 7.15. The molecule has 112 valence electrons. The first-order valence-corrected chi connectivity index (χ1v) is 9.12. The van der Waals surface area contributed by atoms with Gasteiger partial charge in [0.2, 0.25) is 10.0 Å². The zero-order valence-electron chi connectivity index (χ0n) is 11.9. The fourth-order valence-corrected chi connectivity index (χ4v) is 4.28. The van der Waals surface area contributed by atoms with Crippen LogP contribution in [-0.2, 0) is 15.9 Å². The Morgan fingerprint density at radius 2 is 1.95 bits per heavy atom. The summed E-state index contributed by atoms with van der Waals surface area (Å²) in [6, 6.07) is 6.90. The Bertz CT molecular complexity index is 539. The lowest BCUT2D eigenvalue weighted by Gasteiger charge is -2.26. The monoisotopic (exact) mass is 315 g/mol. The van der Waals surface area contributed by atoms with Gasteiger partial charge in [0.1, 0.15) is 0 Å². The van der Waals surface area contributed by atoms with E-state index < -0.39 is 10.0 Å². The Morgan fingerprint density at radius 1 is 1.25 bits per heavy atom. The smallest absolute Gasteiger partial charge is 0.207 e. The van der Waals surface area contributed by atoms with Crippen LogP contribution in [0.25, 0.3) is 0 Å². The molecular weight excluding hydrogens is 294 g/mol. The van der Waals surface area contributed by atoms with E-state index in [0.717, 1.165) is 18.4 Å². The van der Waals surface area contributed by atoms with Crippen LogP contribution in [-0.4, -0.2) is 26.3 Å². The van der Waals surface area contributed by atoms with Crippen molar-refractivity contribution in [1.82, 2.24) is 4.31 Å². The molecule has 0 spiro atoms. The highest BCUT2D eigenvalue weighted by Crippen LogP contribution is 2.26. The van der Waals surface area contributed by atoms with Crippen molar-refractivity contribution >= 4 is 21.6 Å². The molecule has 2 rings (SSSR count). The summed E-state index contributed by atoms with van der Waals surface area (Å²) in [6.07, 6.45) is 6.01. The highest BCUT2D eigenvalue weighted by molar-refractivity contribution is 7.89. The maximum Gasteiger partial charge on any atom is 0.242 e. The van der Waals surface area contributed by atoms with Gasteiger partial charge in [-0.15, -0.1) is 11.6 Å². The number of halogens is 1. The van der Waals surface area contributed by atoms with Crippen LogP contribution in [0.2, 0.25) is 0 Å². The van der Waals surface area contributed by atoms with Crippen molar-refractivity contribution < 1.29 is 8.42 Å². The molecule has 20 heavy (non-hydrogen) atoms. The van der Waals surface area contributed by atoms with Crippen LogP contribution in [0.3, 0.4) is 0 Å². The molecular formula is C15H22ClNO2S. The summed E-state index contributed by atoms with van der Waals surface area (Å²) in [6.45, 7) is 0.618. The third-order valence-electron chi connectivity index (χ3n) is 4.00. The Balaban J connectivity index is 2.11. The molecule has 3 nitrogen and oxygen atoms in total. The van der Waals surface area contributed by atoms with Crippen molar-refractivity contribution in [2.75, 3.05) is 13.6 Å². The number of hydrogen-bond acceptors (Lipinski definition) is 2. The van der Waals surface area contributed by atoms with Gasteiger partial charge in [0.25, 0.3) is 0 Å². The molecule has 1 saturated carbocycles. The third-order valence-corrected chi connectivity index (χ3v) is 6.13. The van der Waals surface area contributed by atoms with Gasteiger partial charge in [-0.25, -0.2) is 12.7 Å². The van der Waals surface area contributed by atoms with Crippen molar-refractivity contribution in [1.29, 1.82) is 0 Å². The predicted octanol–water partition coefficient (Wildman–Crippen LogP) is 3.63. The average molecular weight is 316 g/mol. The number of rotatable bonds is 5. The normalized spacial score (nSPS) is 17.6. The molecule has 1 aromatic rings. The molecule has 0 aromatic heterocycles. The Morgan fingerprint density at radius 3 is 2.60 bits per heavy atom. The van der Waals surface area contributed by atoms with E-state index in [1.807, 2.05) is 6.07 Å². The van der Waals surface area contributed by atoms with Crippen molar-refractivity contribution in [3.05, 3.63) is 29.8 Å². The Hall–Kier alpha value is -0.580. The second-order valence-corrected chi connectivity index (χ2v) is 7.88. The standard InChI is InChI=1S/C15H22ClNO2S/c1-17(12-13-6-3-2-4-7-13)20(18,19)15-9-5-8-14(10-15)11-16/h5,8-10,13H,2-4,6-7,11-12H2,1H3.